The molecule has 2 rings (SSSR count). The van der Waals surface area contributed by atoms with Gasteiger partial charge in [-0.2, -0.15) is 0 Å². The summed E-state index contributed by atoms with van der Waals surface area (Å²) in [5.74, 6) is -0.512. The summed E-state index contributed by atoms with van der Waals surface area (Å²) >= 11 is 0. The van der Waals surface area contributed by atoms with Crippen molar-refractivity contribution in [2.75, 3.05) is 5.32 Å². The van der Waals surface area contributed by atoms with Gasteiger partial charge in [-0.05, 0) is 42.7 Å². The third-order valence-corrected chi connectivity index (χ3v) is 3.65. The predicted molar refractivity (Wildman–Crippen MR) is 92.3 cm³/mol. The maximum Gasteiger partial charge on any atom is 0.303 e. The van der Waals surface area contributed by atoms with E-state index in [9.17, 15) is 9.59 Å². The normalized spacial score (nSPS) is 12.9. The van der Waals surface area contributed by atoms with Crippen molar-refractivity contribution < 1.29 is 19.4 Å². The highest BCUT2D eigenvalue weighted by atomic mass is 16.5. The van der Waals surface area contributed by atoms with E-state index in [0.717, 1.165) is 5.56 Å². The second-order valence-electron chi connectivity index (χ2n) is 5.68. The molecule has 2 N–H and O–H groups in total. The quantitative estimate of drug-likeness (QED) is 0.813. The van der Waals surface area contributed by atoms with E-state index in [1.165, 1.54) is 0 Å². The number of carboxylic acids is 1. The number of nitrogens with one attached hydrogen (secondary N) is 1. The molecular formula is C19H21NO4. The molecule has 0 spiro atoms. The van der Waals surface area contributed by atoms with Gasteiger partial charge >= 0.3 is 5.97 Å². The van der Waals surface area contributed by atoms with E-state index in [2.05, 4.69) is 5.32 Å². The van der Waals surface area contributed by atoms with E-state index in [-0.39, 0.29) is 18.2 Å². The van der Waals surface area contributed by atoms with Crippen molar-refractivity contribution in [1.29, 1.82) is 0 Å². The van der Waals surface area contributed by atoms with Crippen molar-refractivity contribution in [3.05, 3.63) is 60.2 Å². The van der Waals surface area contributed by atoms with Crippen LogP contribution in [-0.4, -0.2) is 23.1 Å². The minimum Gasteiger partial charge on any atom is -0.481 e. The van der Waals surface area contributed by atoms with Gasteiger partial charge in [-0.15, -0.1) is 0 Å². The summed E-state index contributed by atoms with van der Waals surface area (Å²) in [5.41, 5.74) is 1.57. The van der Waals surface area contributed by atoms with Gasteiger partial charge in [0.25, 0.3) is 5.91 Å². The average molecular weight is 327 g/mol. The Morgan fingerprint density at radius 3 is 2.25 bits per heavy atom. The van der Waals surface area contributed by atoms with Crippen LogP contribution in [0, 0.1) is 0 Å². The molecule has 126 valence electrons. The van der Waals surface area contributed by atoms with Crippen LogP contribution in [-0.2, 0) is 9.59 Å². The van der Waals surface area contributed by atoms with Gasteiger partial charge in [-0.3, -0.25) is 9.59 Å². The lowest BCUT2D eigenvalue weighted by atomic mass is 9.98. The fourth-order valence-corrected chi connectivity index (χ4v) is 2.28. The largest absolute Gasteiger partial charge is 0.481 e. The highest BCUT2D eigenvalue weighted by molar-refractivity contribution is 5.94. The Hall–Kier alpha value is -2.82. The number of para-hydroxylation sites is 1. The molecule has 5 heteroatoms. The standard InChI is InChI=1S/C19H21NO4/c1-13(12-18(21)22)15-8-10-16(11-9-15)20-19(23)14(2)24-17-6-4-3-5-7-17/h3-11,13-14H,12H2,1-2H3,(H,20,23)(H,21,22). The van der Waals surface area contributed by atoms with Crippen molar-refractivity contribution in [3.63, 3.8) is 0 Å². The van der Waals surface area contributed by atoms with Crippen LogP contribution in [0.3, 0.4) is 0 Å². The minimum absolute atomic E-state index is 0.0763. The molecule has 1 amide bonds. The van der Waals surface area contributed by atoms with E-state index >= 15 is 0 Å². The first-order valence-corrected chi connectivity index (χ1v) is 7.80. The highest BCUT2D eigenvalue weighted by Gasteiger charge is 2.15. The molecule has 0 bridgehead atoms. The van der Waals surface area contributed by atoms with Crippen molar-refractivity contribution in [2.24, 2.45) is 0 Å². The fourth-order valence-electron chi connectivity index (χ4n) is 2.28. The molecule has 0 saturated carbocycles. The number of anilines is 1. The van der Waals surface area contributed by atoms with Crippen LogP contribution in [0.1, 0.15) is 31.7 Å². The Morgan fingerprint density at radius 1 is 1.04 bits per heavy atom. The molecule has 24 heavy (non-hydrogen) atoms. The number of aliphatic carboxylic acids is 1. The second kappa shape index (κ2) is 8.15. The van der Waals surface area contributed by atoms with Crippen molar-refractivity contribution >= 4 is 17.6 Å². The number of amides is 1. The molecule has 0 aromatic heterocycles. The van der Waals surface area contributed by atoms with Crippen LogP contribution in [0.4, 0.5) is 5.69 Å². The lowest BCUT2D eigenvalue weighted by molar-refractivity contribution is -0.137. The Kier molecular flexibility index (Phi) is 5.95. The molecule has 2 aromatic carbocycles. The van der Waals surface area contributed by atoms with Crippen LogP contribution in [0.2, 0.25) is 0 Å². The molecule has 0 radical (unpaired) electrons. The van der Waals surface area contributed by atoms with Crippen LogP contribution >= 0.6 is 0 Å². The molecule has 0 aliphatic carbocycles. The maximum absolute atomic E-state index is 12.2. The molecule has 2 atom stereocenters. The zero-order chi connectivity index (χ0) is 17.5. The fraction of sp³-hybridized carbons (Fsp3) is 0.263. The average Bonchev–Trinajstić information content (AvgIpc) is 2.55. The van der Waals surface area contributed by atoms with Crippen LogP contribution in [0.15, 0.2) is 54.6 Å². The Bertz CT molecular complexity index is 682. The van der Waals surface area contributed by atoms with Gasteiger partial charge in [-0.1, -0.05) is 37.3 Å². The van der Waals surface area contributed by atoms with E-state index in [4.69, 9.17) is 9.84 Å². The summed E-state index contributed by atoms with van der Waals surface area (Å²) in [5, 5.41) is 11.6. The Morgan fingerprint density at radius 2 is 1.67 bits per heavy atom. The highest BCUT2D eigenvalue weighted by Crippen LogP contribution is 2.21. The van der Waals surface area contributed by atoms with Crippen LogP contribution in [0.25, 0.3) is 0 Å². The Labute approximate surface area is 141 Å². The van der Waals surface area contributed by atoms with Gasteiger partial charge in [0.1, 0.15) is 5.75 Å². The molecule has 0 saturated heterocycles. The lowest BCUT2D eigenvalue weighted by Gasteiger charge is -2.15. The van der Waals surface area contributed by atoms with E-state index in [1.54, 1.807) is 31.2 Å². The van der Waals surface area contributed by atoms with Gasteiger partial charge in [-0.25, -0.2) is 0 Å². The molecule has 0 heterocycles. The smallest absolute Gasteiger partial charge is 0.303 e. The summed E-state index contributed by atoms with van der Waals surface area (Å²) in [6.07, 6.45) is -0.550. The zero-order valence-corrected chi connectivity index (χ0v) is 13.7. The van der Waals surface area contributed by atoms with Crippen LogP contribution in [0.5, 0.6) is 5.75 Å². The first kappa shape index (κ1) is 17.5. The Balaban J connectivity index is 1.93. The number of rotatable bonds is 7. The number of hydrogen-bond acceptors (Lipinski definition) is 3. The molecule has 2 aromatic rings. The molecule has 0 aliphatic rings. The molecule has 0 aliphatic heterocycles. The second-order valence-corrected chi connectivity index (χ2v) is 5.68. The summed E-state index contributed by atoms with van der Waals surface area (Å²) in [6.45, 7) is 3.54. The number of carbonyl (C=O) groups excluding carboxylic acids is 1. The van der Waals surface area contributed by atoms with Gasteiger partial charge in [0.15, 0.2) is 6.10 Å². The number of hydrogen-bond donors (Lipinski definition) is 2. The van der Waals surface area contributed by atoms with Crippen molar-refractivity contribution in [3.8, 4) is 5.75 Å². The molecule has 5 nitrogen and oxygen atoms in total. The molecule has 0 fully saturated rings. The number of ether oxygens (including phenoxy) is 1. The third-order valence-electron chi connectivity index (χ3n) is 3.65. The molecular weight excluding hydrogens is 306 g/mol. The first-order chi connectivity index (χ1) is 11.5. The minimum atomic E-state index is -0.827. The van der Waals surface area contributed by atoms with E-state index < -0.39 is 12.1 Å². The monoisotopic (exact) mass is 327 g/mol. The summed E-state index contributed by atoms with van der Waals surface area (Å²) < 4.78 is 5.58. The maximum atomic E-state index is 12.2. The van der Waals surface area contributed by atoms with Gasteiger partial charge in [0.2, 0.25) is 0 Å². The zero-order valence-electron chi connectivity index (χ0n) is 13.7. The summed E-state index contributed by atoms with van der Waals surface area (Å²) in [7, 11) is 0. The summed E-state index contributed by atoms with van der Waals surface area (Å²) in [6, 6.07) is 16.3. The predicted octanol–water partition coefficient (Wildman–Crippen LogP) is 3.67. The van der Waals surface area contributed by atoms with Crippen molar-refractivity contribution in [1.82, 2.24) is 0 Å². The van der Waals surface area contributed by atoms with E-state index in [1.807, 2.05) is 37.3 Å². The number of carbonyl (C=O) groups is 2. The van der Waals surface area contributed by atoms with Gasteiger partial charge < -0.3 is 15.2 Å². The van der Waals surface area contributed by atoms with Crippen LogP contribution < -0.4 is 10.1 Å². The van der Waals surface area contributed by atoms with Gasteiger partial charge in [0.05, 0.1) is 6.42 Å². The molecule has 2 unspecified atom stereocenters. The first-order valence-electron chi connectivity index (χ1n) is 7.80. The van der Waals surface area contributed by atoms with Gasteiger partial charge in [0, 0.05) is 5.69 Å². The van der Waals surface area contributed by atoms with E-state index in [0.29, 0.717) is 11.4 Å². The third kappa shape index (κ3) is 5.12. The lowest BCUT2D eigenvalue weighted by Crippen LogP contribution is -2.30. The summed E-state index contributed by atoms with van der Waals surface area (Å²) in [4.78, 5) is 22.9. The van der Waals surface area contributed by atoms with Crippen molar-refractivity contribution in [2.45, 2.75) is 32.3 Å². The SMILES string of the molecule is CC(Oc1ccccc1)C(=O)Nc1ccc(C(C)CC(=O)O)cc1. The number of benzene rings is 2. The number of carboxylic acid groups (broad SMARTS) is 1. The topological polar surface area (TPSA) is 75.6 Å².